The molecule has 0 spiro atoms. The fourth-order valence-corrected chi connectivity index (χ4v) is 2.69. The molecule has 0 aliphatic rings. The first kappa shape index (κ1) is 21.6. The molecule has 28 heavy (non-hydrogen) atoms. The van der Waals surface area contributed by atoms with Gasteiger partial charge in [-0.05, 0) is 37.6 Å². The first-order chi connectivity index (χ1) is 13.6. The molecule has 0 saturated heterocycles. The molecule has 0 unspecified atom stereocenters. The molecule has 152 valence electrons. The molecule has 0 aliphatic heterocycles. The second-order valence-electron chi connectivity index (χ2n) is 6.22. The lowest BCUT2D eigenvalue weighted by atomic mass is 10.0. The fraction of sp³-hybridized carbons (Fsp3) is 0.409. The largest absolute Gasteiger partial charge is 0.507 e. The molecule has 0 atom stereocenters. The normalized spacial score (nSPS) is 10.5. The lowest BCUT2D eigenvalue weighted by molar-refractivity contribution is 0.0755. The van der Waals surface area contributed by atoms with Gasteiger partial charge in [0.2, 0.25) is 0 Å². The maximum Gasteiger partial charge on any atom is 0.166 e. The van der Waals surface area contributed by atoms with Gasteiger partial charge < -0.3 is 24.1 Å². The van der Waals surface area contributed by atoms with E-state index in [1.807, 2.05) is 31.2 Å². The van der Waals surface area contributed by atoms with E-state index in [1.54, 1.807) is 26.2 Å². The Labute approximate surface area is 166 Å². The van der Waals surface area contributed by atoms with E-state index in [4.69, 9.17) is 18.9 Å². The van der Waals surface area contributed by atoms with Crippen LogP contribution in [-0.2, 0) is 4.74 Å². The van der Waals surface area contributed by atoms with Crippen LogP contribution in [0.2, 0.25) is 0 Å². The van der Waals surface area contributed by atoms with Crippen molar-refractivity contribution in [3.63, 3.8) is 0 Å². The Kier molecular flexibility index (Phi) is 8.62. The van der Waals surface area contributed by atoms with E-state index in [1.165, 1.54) is 0 Å². The van der Waals surface area contributed by atoms with E-state index in [-0.39, 0.29) is 11.5 Å². The van der Waals surface area contributed by atoms with Crippen molar-refractivity contribution in [3.05, 3.63) is 47.5 Å². The van der Waals surface area contributed by atoms with Crippen molar-refractivity contribution in [3.8, 4) is 23.0 Å². The third kappa shape index (κ3) is 5.89. The van der Waals surface area contributed by atoms with E-state index >= 15 is 0 Å². The number of carbonyl (C=O) groups is 1. The molecule has 0 amide bonds. The average molecular weight is 388 g/mol. The zero-order chi connectivity index (χ0) is 20.4. The average Bonchev–Trinajstić information content (AvgIpc) is 2.70. The van der Waals surface area contributed by atoms with Gasteiger partial charge in [0.25, 0.3) is 0 Å². The Bertz CT molecular complexity index is 772. The van der Waals surface area contributed by atoms with Crippen LogP contribution in [0, 0.1) is 6.92 Å². The monoisotopic (exact) mass is 388 g/mol. The highest BCUT2D eigenvalue weighted by Crippen LogP contribution is 2.31. The van der Waals surface area contributed by atoms with Gasteiger partial charge in [-0.3, -0.25) is 4.79 Å². The van der Waals surface area contributed by atoms with Gasteiger partial charge in [-0.1, -0.05) is 19.1 Å². The molecule has 2 rings (SSSR count). The first-order valence-electron chi connectivity index (χ1n) is 9.40. The van der Waals surface area contributed by atoms with Crippen molar-refractivity contribution in [2.45, 2.75) is 26.7 Å². The summed E-state index contributed by atoms with van der Waals surface area (Å²) in [6.45, 7) is 5.18. The van der Waals surface area contributed by atoms with Crippen molar-refractivity contribution in [1.82, 2.24) is 0 Å². The number of rotatable bonds is 12. The molecule has 0 aliphatic carbocycles. The maximum atomic E-state index is 12.0. The third-order valence-corrected chi connectivity index (χ3v) is 4.20. The van der Waals surface area contributed by atoms with Gasteiger partial charge in [0, 0.05) is 12.0 Å². The van der Waals surface area contributed by atoms with E-state index < -0.39 is 0 Å². The van der Waals surface area contributed by atoms with Crippen LogP contribution in [0.5, 0.6) is 23.0 Å². The first-order valence-corrected chi connectivity index (χ1v) is 9.40. The number of phenolic OH excluding ortho intramolecular Hbond substituents is 1. The maximum absolute atomic E-state index is 12.0. The number of hydrogen-bond acceptors (Lipinski definition) is 6. The summed E-state index contributed by atoms with van der Waals surface area (Å²) in [7, 11) is 1.60. The number of para-hydroxylation sites is 2. The number of benzene rings is 2. The van der Waals surface area contributed by atoms with Gasteiger partial charge in [0.15, 0.2) is 17.3 Å². The summed E-state index contributed by atoms with van der Waals surface area (Å²) in [5.74, 6) is 1.82. The molecule has 2 aromatic carbocycles. The lowest BCUT2D eigenvalue weighted by Crippen LogP contribution is -2.12. The van der Waals surface area contributed by atoms with Crippen LogP contribution in [0.15, 0.2) is 36.4 Å². The summed E-state index contributed by atoms with van der Waals surface area (Å²) in [5.41, 5.74) is 0.901. The molecule has 2 aromatic rings. The Balaban J connectivity index is 1.72. The zero-order valence-corrected chi connectivity index (χ0v) is 16.7. The molecule has 6 heteroatoms. The molecule has 0 radical (unpaired) electrons. The summed E-state index contributed by atoms with van der Waals surface area (Å²) in [6.07, 6.45) is 1.16. The van der Waals surface area contributed by atoms with Gasteiger partial charge in [-0.2, -0.15) is 0 Å². The summed E-state index contributed by atoms with van der Waals surface area (Å²) >= 11 is 0. The number of phenols is 1. The van der Waals surface area contributed by atoms with Gasteiger partial charge >= 0.3 is 0 Å². The molecular formula is C22H28O6. The Morgan fingerprint density at radius 3 is 2.21 bits per heavy atom. The molecular weight excluding hydrogens is 360 g/mol. The van der Waals surface area contributed by atoms with Gasteiger partial charge in [-0.25, -0.2) is 0 Å². The predicted molar refractivity (Wildman–Crippen MR) is 107 cm³/mol. The molecule has 6 nitrogen and oxygen atoms in total. The number of ketones is 1. The molecule has 0 fully saturated rings. The highest BCUT2D eigenvalue weighted by Gasteiger charge is 2.15. The quantitative estimate of drug-likeness (QED) is 0.435. The van der Waals surface area contributed by atoms with E-state index in [0.717, 1.165) is 6.42 Å². The zero-order valence-electron chi connectivity index (χ0n) is 16.7. The van der Waals surface area contributed by atoms with E-state index in [9.17, 15) is 9.90 Å². The van der Waals surface area contributed by atoms with Crippen molar-refractivity contribution < 1.29 is 28.8 Å². The molecule has 0 saturated carbocycles. The number of carbonyl (C=O) groups excluding carboxylic acids is 1. The minimum Gasteiger partial charge on any atom is -0.507 e. The highest BCUT2D eigenvalue weighted by molar-refractivity contribution is 5.99. The summed E-state index contributed by atoms with van der Waals surface area (Å²) in [6, 6.07) is 10.8. The van der Waals surface area contributed by atoms with Gasteiger partial charge in [-0.15, -0.1) is 0 Å². The minimum absolute atomic E-state index is 0.0120. The second kappa shape index (κ2) is 11.2. The number of ether oxygens (including phenoxy) is 4. The lowest BCUT2D eigenvalue weighted by Gasteiger charge is -2.13. The van der Waals surface area contributed by atoms with Crippen molar-refractivity contribution in [2.24, 2.45) is 0 Å². The molecule has 0 heterocycles. The smallest absolute Gasteiger partial charge is 0.166 e. The van der Waals surface area contributed by atoms with E-state index in [0.29, 0.717) is 61.2 Å². The van der Waals surface area contributed by atoms with Gasteiger partial charge in [0.1, 0.15) is 24.7 Å². The van der Waals surface area contributed by atoms with Crippen molar-refractivity contribution in [1.29, 1.82) is 0 Å². The number of hydrogen-bond donors (Lipinski definition) is 1. The molecule has 0 aromatic heterocycles. The molecule has 0 bridgehead atoms. The summed E-state index contributed by atoms with van der Waals surface area (Å²) in [4.78, 5) is 12.0. The Morgan fingerprint density at radius 2 is 1.57 bits per heavy atom. The second-order valence-corrected chi connectivity index (χ2v) is 6.22. The Hall–Kier alpha value is -2.73. The van der Waals surface area contributed by atoms with Crippen LogP contribution in [0.25, 0.3) is 0 Å². The van der Waals surface area contributed by atoms with Crippen LogP contribution in [0.3, 0.4) is 0 Å². The molecule has 1 N–H and O–H groups in total. The number of methoxy groups -OCH3 is 1. The fourth-order valence-electron chi connectivity index (χ4n) is 2.69. The van der Waals surface area contributed by atoms with Gasteiger partial charge in [0.05, 0.1) is 25.9 Å². The highest BCUT2D eigenvalue weighted by atomic mass is 16.6. The standard InChI is InChI=1S/C22H28O6/c1-4-7-18(23)17-10-11-19(16(2)22(17)24)27-14-12-26-13-15-28-21-9-6-5-8-20(21)25-3/h5-6,8-11,24H,4,7,12-15H2,1-3H3. The van der Waals surface area contributed by atoms with Crippen molar-refractivity contribution in [2.75, 3.05) is 33.5 Å². The summed E-state index contributed by atoms with van der Waals surface area (Å²) < 4.78 is 22.0. The van der Waals surface area contributed by atoms with Crippen LogP contribution in [0.1, 0.15) is 35.7 Å². The predicted octanol–water partition coefficient (Wildman–Crippen LogP) is 4.17. The Morgan fingerprint density at radius 1 is 0.929 bits per heavy atom. The van der Waals surface area contributed by atoms with Crippen LogP contribution >= 0.6 is 0 Å². The topological polar surface area (TPSA) is 74.2 Å². The number of aromatic hydroxyl groups is 1. The third-order valence-electron chi connectivity index (χ3n) is 4.20. The van der Waals surface area contributed by atoms with Crippen molar-refractivity contribution >= 4 is 5.78 Å². The van der Waals surface area contributed by atoms with Crippen LogP contribution in [-0.4, -0.2) is 44.4 Å². The van der Waals surface area contributed by atoms with Crippen LogP contribution in [0.4, 0.5) is 0 Å². The van der Waals surface area contributed by atoms with E-state index in [2.05, 4.69) is 0 Å². The summed E-state index contributed by atoms with van der Waals surface area (Å²) in [5, 5.41) is 10.2. The van der Waals surface area contributed by atoms with Crippen LogP contribution < -0.4 is 14.2 Å². The SMILES string of the molecule is CCCC(=O)c1ccc(OCCOCCOc2ccccc2OC)c(C)c1O. The number of Topliss-reactive ketones (excluding diaryl/α,β-unsaturated/α-hetero) is 1. The minimum atomic E-state index is -0.0620.